The van der Waals surface area contributed by atoms with Gasteiger partial charge in [-0.2, -0.15) is 0 Å². The Morgan fingerprint density at radius 1 is 0.857 bits per heavy atom. The summed E-state index contributed by atoms with van der Waals surface area (Å²) in [4.78, 5) is 0. The van der Waals surface area contributed by atoms with Crippen LogP contribution in [0, 0.1) is 0 Å². The second kappa shape index (κ2) is 7.39. The van der Waals surface area contributed by atoms with E-state index in [9.17, 15) is 5.11 Å². The highest BCUT2D eigenvalue weighted by Crippen LogP contribution is 2.20. The summed E-state index contributed by atoms with van der Waals surface area (Å²) in [7, 11) is 0. The van der Waals surface area contributed by atoms with Crippen LogP contribution in [0.1, 0.15) is 25.0 Å². The first-order valence-corrected chi connectivity index (χ1v) is 7.60. The van der Waals surface area contributed by atoms with E-state index in [1.165, 1.54) is 11.1 Å². The lowest BCUT2D eigenvalue weighted by atomic mass is 9.84. The summed E-state index contributed by atoms with van der Waals surface area (Å²) in [5, 5.41) is 13.7. The lowest BCUT2D eigenvalue weighted by Crippen LogP contribution is -2.54. The number of aliphatic hydroxyl groups excluding tert-OH is 1. The molecule has 2 aromatic rings. The van der Waals surface area contributed by atoms with Crippen LogP contribution < -0.4 is 5.32 Å². The number of hydrogen-bond acceptors (Lipinski definition) is 2. The molecule has 0 aliphatic carbocycles. The maximum Gasteiger partial charge on any atom is 0.0619 e. The third-order valence-electron chi connectivity index (χ3n) is 3.67. The summed E-state index contributed by atoms with van der Waals surface area (Å²) in [5.41, 5.74) is 2.17. The summed E-state index contributed by atoms with van der Waals surface area (Å²) in [6, 6.07) is 21.1. The summed E-state index contributed by atoms with van der Waals surface area (Å²) in [6.07, 6.45) is 1.63. The SMILES string of the molecule is CC(C)NC(CO)(Cc1ccccc1)Cc1ccccc1. The Labute approximate surface area is 127 Å². The molecule has 0 heterocycles. The van der Waals surface area contributed by atoms with E-state index >= 15 is 0 Å². The van der Waals surface area contributed by atoms with Crippen molar-refractivity contribution < 1.29 is 5.11 Å². The zero-order chi connectivity index (χ0) is 15.1. The van der Waals surface area contributed by atoms with Gasteiger partial charge < -0.3 is 10.4 Å². The molecule has 0 aliphatic rings. The van der Waals surface area contributed by atoms with Crippen molar-refractivity contribution in [1.29, 1.82) is 0 Å². The Bertz CT molecular complexity index is 480. The largest absolute Gasteiger partial charge is 0.394 e. The number of aliphatic hydroxyl groups is 1. The molecule has 0 unspecified atom stereocenters. The van der Waals surface area contributed by atoms with Crippen molar-refractivity contribution in [3.63, 3.8) is 0 Å². The minimum absolute atomic E-state index is 0.120. The van der Waals surface area contributed by atoms with Crippen molar-refractivity contribution in [2.75, 3.05) is 6.61 Å². The molecule has 0 bridgehead atoms. The second-order valence-electron chi connectivity index (χ2n) is 6.06. The van der Waals surface area contributed by atoms with Gasteiger partial charge in [0.1, 0.15) is 0 Å². The summed E-state index contributed by atoms with van der Waals surface area (Å²) in [5.74, 6) is 0. The van der Waals surface area contributed by atoms with Gasteiger partial charge in [-0.3, -0.25) is 0 Å². The van der Waals surface area contributed by atoms with Crippen molar-refractivity contribution in [1.82, 2.24) is 5.32 Å². The van der Waals surface area contributed by atoms with Crippen LogP contribution in [0.2, 0.25) is 0 Å². The molecule has 21 heavy (non-hydrogen) atoms. The molecule has 2 nitrogen and oxygen atoms in total. The van der Waals surface area contributed by atoms with E-state index < -0.39 is 0 Å². The zero-order valence-corrected chi connectivity index (χ0v) is 12.9. The van der Waals surface area contributed by atoms with Gasteiger partial charge in [0.05, 0.1) is 6.61 Å². The van der Waals surface area contributed by atoms with Gasteiger partial charge >= 0.3 is 0 Å². The molecule has 2 rings (SSSR count). The summed E-state index contributed by atoms with van der Waals surface area (Å²) < 4.78 is 0. The van der Waals surface area contributed by atoms with E-state index in [0.29, 0.717) is 6.04 Å². The third-order valence-corrected chi connectivity index (χ3v) is 3.67. The molecule has 0 aromatic heterocycles. The predicted molar refractivity (Wildman–Crippen MR) is 88.4 cm³/mol. The van der Waals surface area contributed by atoms with Crippen LogP contribution in [0.3, 0.4) is 0 Å². The van der Waals surface area contributed by atoms with Crippen molar-refractivity contribution in [2.24, 2.45) is 0 Å². The molecule has 0 aliphatic heterocycles. The van der Waals surface area contributed by atoms with Crippen molar-refractivity contribution in [2.45, 2.75) is 38.3 Å². The number of nitrogens with one attached hydrogen (secondary N) is 1. The first-order valence-electron chi connectivity index (χ1n) is 7.60. The molecule has 0 amide bonds. The topological polar surface area (TPSA) is 32.3 Å². The molecule has 0 saturated carbocycles. The lowest BCUT2D eigenvalue weighted by molar-refractivity contribution is 0.149. The van der Waals surface area contributed by atoms with Gasteiger partial charge in [-0.1, -0.05) is 74.5 Å². The van der Waals surface area contributed by atoms with E-state index in [2.05, 4.69) is 67.7 Å². The normalized spacial score (nSPS) is 11.8. The number of hydrogen-bond donors (Lipinski definition) is 2. The average molecular weight is 283 g/mol. The quantitative estimate of drug-likeness (QED) is 0.818. The molecular formula is C19H25NO. The fourth-order valence-electron chi connectivity index (χ4n) is 2.91. The standard InChI is InChI=1S/C19H25NO/c1-16(2)20-19(15-21,13-17-9-5-3-6-10-17)14-18-11-7-4-8-12-18/h3-12,16,20-21H,13-15H2,1-2H3. The predicted octanol–water partition coefficient (Wildman–Crippen LogP) is 3.20. The number of rotatable bonds is 7. The van der Waals surface area contributed by atoms with Crippen molar-refractivity contribution in [3.8, 4) is 0 Å². The van der Waals surface area contributed by atoms with Gasteiger partial charge in [-0.25, -0.2) is 0 Å². The molecule has 2 aromatic carbocycles. The van der Waals surface area contributed by atoms with E-state index in [1.807, 2.05) is 12.1 Å². The van der Waals surface area contributed by atoms with E-state index in [-0.39, 0.29) is 12.1 Å². The Hall–Kier alpha value is -1.64. The Kier molecular flexibility index (Phi) is 5.54. The summed E-state index contributed by atoms with van der Waals surface area (Å²) >= 11 is 0. The van der Waals surface area contributed by atoms with E-state index in [0.717, 1.165) is 12.8 Å². The van der Waals surface area contributed by atoms with Gasteiger partial charge in [0, 0.05) is 11.6 Å². The Morgan fingerprint density at radius 2 is 1.29 bits per heavy atom. The van der Waals surface area contributed by atoms with Crippen molar-refractivity contribution >= 4 is 0 Å². The minimum Gasteiger partial charge on any atom is -0.394 e. The van der Waals surface area contributed by atoms with Crippen LogP contribution in [0.15, 0.2) is 60.7 Å². The maximum atomic E-state index is 10.1. The highest BCUT2D eigenvalue weighted by Gasteiger charge is 2.30. The molecule has 0 spiro atoms. The molecule has 0 fully saturated rings. The maximum absolute atomic E-state index is 10.1. The first-order chi connectivity index (χ1) is 10.1. The van der Waals surface area contributed by atoms with E-state index in [4.69, 9.17) is 0 Å². The van der Waals surface area contributed by atoms with Gasteiger partial charge in [0.15, 0.2) is 0 Å². The molecule has 0 radical (unpaired) electrons. The van der Waals surface area contributed by atoms with Crippen LogP contribution in [0.25, 0.3) is 0 Å². The van der Waals surface area contributed by atoms with Crippen LogP contribution in [0.5, 0.6) is 0 Å². The fraction of sp³-hybridized carbons (Fsp3) is 0.368. The van der Waals surface area contributed by atoms with Crippen molar-refractivity contribution in [3.05, 3.63) is 71.8 Å². The Balaban J connectivity index is 2.24. The highest BCUT2D eigenvalue weighted by atomic mass is 16.3. The van der Waals surface area contributed by atoms with Gasteiger partial charge in [0.25, 0.3) is 0 Å². The number of benzene rings is 2. The molecule has 0 atom stereocenters. The molecular weight excluding hydrogens is 258 g/mol. The van der Waals surface area contributed by atoms with Crippen LogP contribution in [0.4, 0.5) is 0 Å². The van der Waals surface area contributed by atoms with E-state index in [1.54, 1.807) is 0 Å². The Morgan fingerprint density at radius 3 is 1.62 bits per heavy atom. The third kappa shape index (κ3) is 4.69. The first kappa shape index (κ1) is 15.7. The summed E-state index contributed by atoms with van der Waals surface area (Å²) in [6.45, 7) is 4.37. The monoisotopic (exact) mass is 283 g/mol. The van der Waals surface area contributed by atoms with Gasteiger partial charge in [0.2, 0.25) is 0 Å². The van der Waals surface area contributed by atoms with Crippen LogP contribution in [-0.4, -0.2) is 23.3 Å². The van der Waals surface area contributed by atoms with Gasteiger partial charge in [-0.05, 0) is 24.0 Å². The smallest absolute Gasteiger partial charge is 0.0619 e. The average Bonchev–Trinajstić information content (AvgIpc) is 2.48. The molecule has 2 N–H and O–H groups in total. The fourth-order valence-corrected chi connectivity index (χ4v) is 2.91. The molecule has 112 valence electrons. The highest BCUT2D eigenvalue weighted by molar-refractivity contribution is 5.23. The van der Waals surface area contributed by atoms with Gasteiger partial charge in [-0.15, -0.1) is 0 Å². The minimum atomic E-state index is -0.323. The molecule has 0 saturated heterocycles. The van der Waals surface area contributed by atoms with Crippen LogP contribution >= 0.6 is 0 Å². The zero-order valence-electron chi connectivity index (χ0n) is 12.9. The second-order valence-corrected chi connectivity index (χ2v) is 6.06. The van der Waals surface area contributed by atoms with Crippen LogP contribution in [-0.2, 0) is 12.8 Å². The lowest BCUT2D eigenvalue weighted by Gasteiger charge is -2.35. The molecule has 2 heteroatoms.